The highest BCUT2D eigenvalue weighted by molar-refractivity contribution is 7.99. The number of allylic oxidation sites excluding steroid dienone is 1. The first-order valence-corrected chi connectivity index (χ1v) is 15.1. The van der Waals surface area contributed by atoms with Gasteiger partial charge in [-0.2, -0.15) is 5.26 Å². The van der Waals surface area contributed by atoms with Crippen LogP contribution in [-0.4, -0.2) is 26.4 Å². The van der Waals surface area contributed by atoms with Crippen LogP contribution >= 0.6 is 34.7 Å². The number of carbonyl (C=O) groups excluding carboxylic acids is 1. The maximum absolute atomic E-state index is 12.9. The smallest absolute Gasteiger partial charge is 0.235 e. The monoisotopic (exact) mass is 583 g/mol. The molecule has 1 amide bonds. The average molecular weight is 584 g/mol. The van der Waals surface area contributed by atoms with Crippen molar-refractivity contribution >= 4 is 45.6 Å². The van der Waals surface area contributed by atoms with Crippen LogP contribution in [0.1, 0.15) is 60.1 Å². The highest BCUT2D eigenvalue weighted by atomic mass is 35.5. The van der Waals surface area contributed by atoms with Crippen molar-refractivity contribution in [3.8, 4) is 11.8 Å². The van der Waals surface area contributed by atoms with Crippen LogP contribution in [0.3, 0.4) is 0 Å². The number of carbonyl (C=O) groups is 1. The molecule has 0 saturated carbocycles. The van der Waals surface area contributed by atoms with Gasteiger partial charge in [0.25, 0.3) is 0 Å². The maximum atomic E-state index is 12.9. The molecule has 0 fully saturated rings. The number of hydrogen-bond acceptors (Lipinski definition) is 7. The minimum absolute atomic E-state index is 0.143. The molecule has 2 heterocycles. The molecule has 1 aliphatic rings. The minimum atomic E-state index is -0.180. The Morgan fingerprint density at radius 2 is 2.08 bits per heavy atom. The molecule has 1 aromatic carbocycles. The first-order chi connectivity index (χ1) is 18.5. The van der Waals surface area contributed by atoms with E-state index in [0.717, 1.165) is 41.0 Å². The first kappa shape index (κ1) is 29.2. The van der Waals surface area contributed by atoms with Gasteiger partial charge in [-0.1, -0.05) is 50.2 Å². The zero-order chi connectivity index (χ0) is 28.3. The molecule has 7 nitrogen and oxygen atoms in total. The Balaban J connectivity index is 1.41. The van der Waals surface area contributed by atoms with Gasteiger partial charge in [-0.15, -0.1) is 28.1 Å². The van der Waals surface area contributed by atoms with E-state index in [0.29, 0.717) is 39.8 Å². The van der Waals surface area contributed by atoms with E-state index in [1.165, 1.54) is 16.6 Å². The number of aromatic nitrogens is 3. The number of thiophene rings is 1. The summed E-state index contributed by atoms with van der Waals surface area (Å²) in [4.78, 5) is 14.1. The van der Waals surface area contributed by atoms with Gasteiger partial charge in [0, 0.05) is 16.4 Å². The van der Waals surface area contributed by atoms with E-state index < -0.39 is 0 Å². The summed E-state index contributed by atoms with van der Waals surface area (Å²) in [5.74, 6) is 1.87. The molecule has 0 spiro atoms. The lowest BCUT2D eigenvalue weighted by molar-refractivity contribution is -0.113. The number of rotatable bonds is 9. The van der Waals surface area contributed by atoms with Crippen molar-refractivity contribution in [3.05, 3.63) is 62.8 Å². The average Bonchev–Trinajstić information content (AvgIpc) is 3.43. The lowest BCUT2D eigenvalue weighted by Gasteiger charge is -2.33. The molecule has 0 bridgehead atoms. The van der Waals surface area contributed by atoms with Crippen LogP contribution in [0.5, 0.6) is 5.75 Å². The minimum Gasteiger partial charge on any atom is -0.486 e. The van der Waals surface area contributed by atoms with Crippen molar-refractivity contribution in [1.82, 2.24) is 14.8 Å². The summed E-state index contributed by atoms with van der Waals surface area (Å²) >= 11 is 9.11. The Morgan fingerprint density at radius 3 is 2.72 bits per heavy atom. The van der Waals surface area contributed by atoms with Gasteiger partial charge in [0.15, 0.2) is 11.0 Å². The van der Waals surface area contributed by atoms with Crippen molar-refractivity contribution in [3.63, 3.8) is 0 Å². The molecule has 1 atom stereocenters. The van der Waals surface area contributed by atoms with E-state index in [1.807, 2.05) is 30.5 Å². The first-order valence-electron chi connectivity index (χ1n) is 12.9. The lowest BCUT2D eigenvalue weighted by Crippen LogP contribution is -2.26. The molecular weight excluding hydrogens is 550 g/mol. The van der Waals surface area contributed by atoms with Crippen molar-refractivity contribution in [2.75, 3.05) is 11.1 Å². The Hall–Kier alpha value is -2.80. The van der Waals surface area contributed by atoms with Crippen molar-refractivity contribution in [2.24, 2.45) is 11.3 Å². The Bertz CT molecular complexity index is 1410. The second-order valence-electron chi connectivity index (χ2n) is 10.9. The summed E-state index contributed by atoms with van der Waals surface area (Å²) in [5.41, 5.74) is 3.82. The van der Waals surface area contributed by atoms with E-state index in [1.54, 1.807) is 17.4 Å². The van der Waals surface area contributed by atoms with Crippen molar-refractivity contribution in [1.29, 1.82) is 5.26 Å². The molecule has 1 unspecified atom stereocenters. The van der Waals surface area contributed by atoms with Crippen LogP contribution in [-0.2, 0) is 30.8 Å². The van der Waals surface area contributed by atoms with Gasteiger partial charge in [-0.25, -0.2) is 0 Å². The highest BCUT2D eigenvalue weighted by Crippen LogP contribution is 2.44. The molecule has 1 N–H and O–H groups in total. The van der Waals surface area contributed by atoms with Gasteiger partial charge >= 0.3 is 0 Å². The third-order valence-electron chi connectivity index (χ3n) is 7.07. The molecule has 4 rings (SSSR count). The molecule has 10 heteroatoms. The van der Waals surface area contributed by atoms with Crippen LogP contribution in [0, 0.1) is 36.5 Å². The number of amides is 1. The summed E-state index contributed by atoms with van der Waals surface area (Å²) in [6, 6.07) is 6.12. The Labute approximate surface area is 243 Å². The number of fused-ring (bicyclic) bond motifs is 1. The predicted molar refractivity (Wildman–Crippen MR) is 159 cm³/mol. The van der Waals surface area contributed by atoms with Crippen LogP contribution in [0.2, 0.25) is 5.02 Å². The van der Waals surface area contributed by atoms with Gasteiger partial charge in [0.2, 0.25) is 5.91 Å². The standard InChI is InChI=1S/C29H34ClN5O2S2/c1-7-10-35-24(15-37-20-11-17(2)26(30)18(3)12-20)33-34-28(35)38-16-25(36)32-27-22(14-31)21-9-8-19(29(4,5)6)13-23(21)39-27/h7,11-12,19H,1,8-10,13,15-16H2,2-6H3,(H,32,36). The third-order valence-corrected chi connectivity index (χ3v) is 9.80. The Kier molecular flexibility index (Phi) is 9.10. The summed E-state index contributed by atoms with van der Waals surface area (Å²) < 4.78 is 7.86. The van der Waals surface area contributed by atoms with Gasteiger partial charge < -0.3 is 10.1 Å². The van der Waals surface area contributed by atoms with Gasteiger partial charge in [-0.3, -0.25) is 9.36 Å². The molecule has 39 heavy (non-hydrogen) atoms. The molecule has 1 aliphatic carbocycles. The number of nitriles is 1. The van der Waals surface area contributed by atoms with Gasteiger partial charge in [-0.05, 0) is 73.3 Å². The number of ether oxygens (including phenoxy) is 1. The number of benzene rings is 1. The van der Waals surface area contributed by atoms with E-state index in [-0.39, 0.29) is 23.7 Å². The fourth-order valence-electron chi connectivity index (χ4n) is 4.81. The van der Waals surface area contributed by atoms with Gasteiger partial charge in [0.1, 0.15) is 23.4 Å². The zero-order valence-electron chi connectivity index (χ0n) is 23.1. The second-order valence-corrected chi connectivity index (χ2v) is 13.3. The topological polar surface area (TPSA) is 92.8 Å². The number of hydrogen-bond donors (Lipinski definition) is 1. The number of anilines is 1. The van der Waals surface area contributed by atoms with E-state index in [4.69, 9.17) is 16.3 Å². The van der Waals surface area contributed by atoms with E-state index in [2.05, 4.69) is 48.9 Å². The van der Waals surface area contributed by atoms with Crippen LogP contribution in [0.15, 0.2) is 29.9 Å². The number of halogens is 1. The molecule has 0 aliphatic heterocycles. The summed E-state index contributed by atoms with van der Waals surface area (Å²) in [6.45, 7) is 15.2. The van der Waals surface area contributed by atoms with Crippen molar-refractivity contribution in [2.45, 2.75) is 72.2 Å². The van der Waals surface area contributed by atoms with Crippen LogP contribution in [0.4, 0.5) is 5.00 Å². The summed E-state index contributed by atoms with van der Waals surface area (Å²) in [6.07, 6.45) is 4.65. The molecule has 0 radical (unpaired) electrons. The fourth-order valence-corrected chi connectivity index (χ4v) is 6.98. The summed E-state index contributed by atoms with van der Waals surface area (Å²) in [7, 11) is 0. The van der Waals surface area contributed by atoms with Crippen molar-refractivity contribution < 1.29 is 9.53 Å². The maximum Gasteiger partial charge on any atom is 0.235 e. The lowest BCUT2D eigenvalue weighted by atomic mass is 9.72. The molecular formula is C29H34ClN5O2S2. The molecule has 2 aromatic heterocycles. The normalized spacial score (nSPS) is 14.9. The number of thioether (sulfide) groups is 1. The van der Waals surface area contributed by atoms with E-state index >= 15 is 0 Å². The van der Waals surface area contributed by atoms with Crippen LogP contribution < -0.4 is 10.1 Å². The number of aryl methyl sites for hydroxylation is 2. The fraction of sp³-hybridized carbons (Fsp3) is 0.448. The number of nitrogens with one attached hydrogen (secondary N) is 1. The van der Waals surface area contributed by atoms with Gasteiger partial charge in [0.05, 0.1) is 11.3 Å². The Morgan fingerprint density at radius 1 is 1.36 bits per heavy atom. The quantitative estimate of drug-likeness (QED) is 0.213. The second kappa shape index (κ2) is 12.2. The highest BCUT2D eigenvalue weighted by Gasteiger charge is 2.32. The van der Waals surface area contributed by atoms with Crippen LogP contribution in [0.25, 0.3) is 0 Å². The largest absolute Gasteiger partial charge is 0.486 e. The predicted octanol–water partition coefficient (Wildman–Crippen LogP) is 7.13. The third kappa shape index (κ3) is 6.68. The molecule has 0 saturated heterocycles. The number of nitrogens with zero attached hydrogens (tertiary/aromatic N) is 4. The molecule has 206 valence electrons. The van der Waals surface area contributed by atoms with E-state index in [9.17, 15) is 10.1 Å². The molecule has 3 aromatic rings. The summed E-state index contributed by atoms with van der Waals surface area (Å²) in [5, 5.41) is 23.4. The zero-order valence-corrected chi connectivity index (χ0v) is 25.4. The SMILES string of the molecule is C=CCn1c(COc2cc(C)c(Cl)c(C)c2)nnc1SCC(=O)Nc1sc2c(c1C#N)CCC(C(C)(C)C)C2.